The lowest BCUT2D eigenvalue weighted by Gasteiger charge is -2.33. The van der Waals surface area contributed by atoms with Crippen molar-refractivity contribution < 1.29 is 13.2 Å². The van der Waals surface area contributed by atoms with E-state index in [0.29, 0.717) is 49.0 Å². The summed E-state index contributed by atoms with van der Waals surface area (Å²) >= 11 is 1.50. The van der Waals surface area contributed by atoms with Crippen molar-refractivity contribution in [1.82, 2.24) is 19.1 Å². The van der Waals surface area contributed by atoms with E-state index in [1.165, 1.54) is 15.6 Å². The minimum absolute atomic E-state index is 0.0106. The first-order valence-electron chi connectivity index (χ1n) is 11.6. The number of carbonyl (C=O) groups excluding carboxylic acids is 1. The van der Waals surface area contributed by atoms with E-state index in [2.05, 4.69) is 5.10 Å². The first-order valence-corrected chi connectivity index (χ1v) is 13.9. The average molecular weight is 510 g/mol. The molecule has 0 unspecified atom stereocenters. The second-order valence-electron chi connectivity index (χ2n) is 8.71. The summed E-state index contributed by atoms with van der Waals surface area (Å²) in [6.45, 7) is 3.56. The molecule has 0 atom stereocenters. The van der Waals surface area contributed by atoms with E-state index in [-0.39, 0.29) is 11.8 Å². The number of fused-ring (bicyclic) bond motifs is 1. The molecule has 0 spiro atoms. The third-order valence-corrected chi connectivity index (χ3v) is 9.33. The number of aromatic nitrogens is 3. The number of benzene rings is 2. The highest BCUT2D eigenvalue weighted by Crippen LogP contribution is 2.32. The topological polar surface area (TPSA) is 88.4 Å². The molecule has 1 aliphatic heterocycles. The number of anilines is 1. The highest BCUT2D eigenvalue weighted by Gasteiger charge is 2.35. The summed E-state index contributed by atoms with van der Waals surface area (Å²) in [4.78, 5) is 20.5. The zero-order valence-corrected chi connectivity index (χ0v) is 21.1. The number of nitrogens with zero attached hydrogens (tertiary/aromatic N) is 5. The van der Waals surface area contributed by atoms with Crippen LogP contribution in [0, 0.1) is 12.8 Å². The Kier molecular flexibility index (Phi) is 6.68. The van der Waals surface area contributed by atoms with Crippen LogP contribution in [0.4, 0.5) is 5.13 Å². The molecular weight excluding hydrogens is 482 g/mol. The van der Waals surface area contributed by atoms with Crippen LogP contribution in [0.5, 0.6) is 0 Å². The van der Waals surface area contributed by atoms with E-state index >= 15 is 0 Å². The fraction of sp³-hybridized carbons (Fsp3) is 0.320. The van der Waals surface area contributed by atoms with Gasteiger partial charge in [-0.05, 0) is 50.1 Å². The molecule has 4 aromatic rings. The van der Waals surface area contributed by atoms with Gasteiger partial charge in [-0.3, -0.25) is 14.4 Å². The van der Waals surface area contributed by atoms with Crippen LogP contribution in [0.3, 0.4) is 0 Å². The molecule has 1 saturated heterocycles. The molecule has 0 saturated carbocycles. The van der Waals surface area contributed by atoms with Crippen LogP contribution in [0.25, 0.3) is 10.2 Å². The zero-order valence-electron chi connectivity index (χ0n) is 19.4. The smallest absolute Gasteiger partial charge is 0.243 e. The van der Waals surface area contributed by atoms with Gasteiger partial charge in [0.2, 0.25) is 15.9 Å². The Morgan fingerprint density at radius 1 is 1.09 bits per heavy atom. The zero-order chi connectivity index (χ0) is 24.4. The van der Waals surface area contributed by atoms with Crippen molar-refractivity contribution >= 4 is 42.6 Å². The third-order valence-electron chi connectivity index (χ3n) is 6.35. The molecule has 2 aromatic heterocycles. The first-order chi connectivity index (χ1) is 16.9. The maximum absolute atomic E-state index is 13.7. The van der Waals surface area contributed by atoms with E-state index in [9.17, 15) is 13.2 Å². The molecule has 35 heavy (non-hydrogen) atoms. The summed E-state index contributed by atoms with van der Waals surface area (Å²) in [5.41, 5.74) is 1.88. The van der Waals surface area contributed by atoms with E-state index < -0.39 is 10.0 Å². The largest absolute Gasteiger partial charge is 0.286 e. The van der Waals surface area contributed by atoms with Crippen LogP contribution in [0.15, 0.2) is 71.9 Å². The van der Waals surface area contributed by atoms with Crippen LogP contribution < -0.4 is 4.90 Å². The molecule has 1 aliphatic rings. The fourth-order valence-corrected chi connectivity index (χ4v) is 6.80. The lowest BCUT2D eigenvalue weighted by atomic mass is 9.96. The quantitative estimate of drug-likeness (QED) is 0.377. The van der Waals surface area contributed by atoms with Gasteiger partial charge < -0.3 is 0 Å². The van der Waals surface area contributed by atoms with Gasteiger partial charge in [-0.1, -0.05) is 41.2 Å². The molecule has 5 rings (SSSR count). The highest BCUT2D eigenvalue weighted by molar-refractivity contribution is 7.89. The average Bonchev–Trinajstić information content (AvgIpc) is 3.54. The summed E-state index contributed by atoms with van der Waals surface area (Å²) in [7, 11) is -3.57. The Morgan fingerprint density at radius 2 is 1.83 bits per heavy atom. The second kappa shape index (κ2) is 9.88. The van der Waals surface area contributed by atoms with Crippen molar-refractivity contribution in [2.24, 2.45) is 5.92 Å². The summed E-state index contributed by atoms with van der Waals surface area (Å²) in [6, 6.07) is 16.6. The number of amides is 1. The predicted octanol–water partition coefficient (Wildman–Crippen LogP) is 3.94. The highest BCUT2D eigenvalue weighted by atomic mass is 32.2. The normalized spacial score (nSPS) is 15.5. The number of rotatable bonds is 7. The molecule has 10 heteroatoms. The SMILES string of the molecule is Cc1ccc(S(=O)(=O)N2CCC(C(=O)N(CCn3cccn3)c3nc4ccccc4s3)CC2)cc1. The second-order valence-corrected chi connectivity index (χ2v) is 11.7. The summed E-state index contributed by atoms with van der Waals surface area (Å²) in [5.74, 6) is -0.271. The number of carbonyl (C=O) groups is 1. The van der Waals surface area contributed by atoms with E-state index in [1.807, 2.05) is 43.5 Å². The lowest BCUT2D eigenvalue weighted by molar-refractivity contribution is -0.123. The van der Waals surface area contributed by atoms with E-state index in [1.54, 1.807) is 40.0 Å². The van der Waals surface area contributed by atoms with Gasteiger partial charge in [0.15, 0.2) is 5.13 Å². The summed E-state index contributed by atoms with van der Waals surface area (Å²) in [6.07, 6.45) is 4.55. The minimum Gasteiger partial charge on any atom is -0.286 e. The molecule has 0 N–H and O–H groups in total. The maximum Gasteiger partial charge on any atom is 0.243 e. The molecular formula is C25H27N5O3S2. The third kappa shape index (κ3) is 5.00. The standard InChI is InChI=1S/C25H27N5O3S2/c1-19-7-9-21(10-8-19)35(32,33)29-15-11-20(12-16-29)24(31)30(18-17-28-14-4-13-26-28)25-27-22-5-2-3-6-23(22)34-25/h2-10,13-14,20H,11-12,15-18H2,1H3. The Balaban J connectivity index is 1.32. The van der Waals surface area contributed by atoms with Gasteiger partial charge in [0.25, 0.3) is 0 Å². The fourth-order valence-electron chi connectivity index (χ4n) is 4.33. The molecule has 0 radical (unpaired) electrons. The minimum atomic E-state index is -3.57. The van der Waals surface area contributed by atoms with Crippen LogP contribution >= 0.6 is 11.3 Å². The van der Waals surface area contributed by atoms with Crippen molar-refractivity contribution in [1.29, 1.82) is 0 Å². The Morgan fingerprint density at radius 3 is 2.51 bits per heavy atom. The van der Waals surface area contributed by atoms with Crippen LogP contribution in [-0.4, -0.2) is 53.0 Å². The van der Waals surface area contributed by atoms with Gasteiger partial charge in [-0.25, -0.2) is 13.4 Å². The first kappa shape index (κ1) is 23.7. The van der Waals surface area contributed by atoms with Gasteiger partial charge in [0.1, 0.15) is 0 Å². The maximum atomic E-state index is 13.7. The van der Waals surface area contributed by atoms with Gasteiger partial charge in [0, 0.05) is 37.9 Å². The summed E-state index contributed by atoms with van der Waals surface area (Å²) < 4.78 is 30.5. The number of piperidine rings is 1. The molecule has 182 valence electrons. The molecule has 1 fully saturated rings. The number of hydrogen-bond donors (Lipinski definition) is 0. The van der Waals surface area contributed by atoms with Crippen LogP contribution in [0.2, 0.25) is 0 Å². The monoisotopic (exact) mass is 509 g/mol. The van der Waals surface area contributed by atoms with Gasteiger partial charge in [-0.2, -0.15) is 9.40 Å². The summed E-state index contributed by atoms with van der Waals surface area (Å²) in [5, 5.41) is 4.92. The van der Waals surface area contributed by atoms with Crippen molar-refractivity contribution in [2.75, 3.05) is 24.5 Å². The van der Waals surface area contributed by atoms with Crippen molar-refractivity contribution in [3.05, 3.63) is 72.6 Å². The number of thiazole rings is 1. The Bertz CT molecular complexity index is 1370. The van der Waals surface area contributed by atoms with Gasteiger partial charge in [-0.15, -0.1) is 0 Å². The molecule has 2 aromatic carbocycles. The number of hydrogen-bond acceptors (Lipinski definition) is 6. The van der Waals surface area contributed by atoms with Crippen LogP contribution in [0.1, 0.15) is 18.4 Å². The Labute approximate surface area is 208 Å². The predicted molar refractivity (Wildman–Crippen MR) is 137 cm³/mol. The van der Waals surface area contributed by atoms with Gasteiger partial charge in [0.05, 0.1) is 21.7 Å². The van der Waals surface area contributed by atoms with Crippen LogP contribution in [-0.2, 0) is 21.4 Å². The molecule has 0 bridgehead atoms. The lowest BCUT2D eigenvalue weighted by Crippen LogP contribution is -2.45. The molecule has 3 heterocycles. The number of sulfonamides is 1. The molecule has 1 amide bonds. The Hall–Kier alpha value is -3.08. The van der Waals surface area contributed by atoms with Crippen molar-refractivity contribution in [3.8, 4) is 0 Å². The molecule has 0 aliphatic carbocycles. The van der Waals surface area contributed by atoms with Crippen molar-refractivity contribution in [2.45, 2.75) is 31.2 Å². The van der Waals surface area contributed by atoms with Gasteiger partial charge >= 0.3 is 0 Å². The molecule has 8 nitrogen and oxygen atoms in total. The van der Waals surface area contributed by atoms with E-state index in [4.69, 9.17) is 4.98 Å². The van der Waals surface area contributed by atoms with E-state index in [0.717, 1.165) is 15.8 Å². The van der Waals surface area contributed by atoms with Crippen molar-refractivity contribution in [3.63, 3.8) is 0 Å². The number of para-hydroxylation sites is 1. The number of aryl methyl sites for hydroxylation is 1.